The summed E-state index contributed by atoms with van der Waals surface area (Å²) in [6.07, 6.45) is 4.29. The van der Waals surface area contributed by atoms with Gasteiger partial charge in [0, 0.05) is 16.5 Å². The lowest BCUT2D eigenvalue weighted by molar-refractivity contribution is 0.102. The molecule has 3 aromatic heterocycles. The number of pyridine rings is 1. The Labute approximate surface area is 225 Å². The molecular weight excluding hydrogens is 559 g/mol. The average Bonchev–Trinajstić information content (AvgIpc) is 3.43. The van der Waals surface area contributed by atoms with Crippen LogP contribution in [0, 0.1) is 0 Å². The molecule has 4 heterocycles. The molecule has 1 aliphatic heterocycles. The zero-order valence-corrected chi connectivity index (χ0v) is 22.3. The van der Waals surface area contributed by atoms with Gasteiger partial charge in [0.1, 0.15) is 17.9 Å². The highest BCUT2D eigenvalue weighted by molar-refractivity contribution is 7.92. The van der Waals surface area contributed by atoms with Crippen LogP contribution in [0.3, 0.4) is 0 Å². The Balaban J connectivity index is 1.58. The van der Waals surface area contributed by atoms with Gasteiger partial charge in [-0.15, -0.1) is 11.3 Å². The zero-order chi connectivity index (χ0) is 26.2. The molecule has 0 bridgehead atoms. The number of H-pyrrole nitrogens is 1. The highest BCUT2D eigenvalue weighted by atomic mass is 35.5. The Morgan fingerprint density at radius 1 is 1.24 bits per heavy atom. The van der Waals surface area contributed by atoms with E-state index in [-0.39, 0.29) is 40.7 Å². The van der Waals surface area contributed by atoms with Crippen LogP contribution in [-0.4, -0.2) is 46.9 Å². The highest BCUT2D eigenvalue weighted by Crippen LogP contribution is 2.39. The number of hydrogen-bond acceptors (Lipinski definition) is 8. The van der Waals surface area contributed by atoms with Crippen LogP contribution in [0.4, 0.5) is 5.82 Å². The van der Waals surface area contributed by atoms with Crippen molar-refractivity contribution in [1.82, 2.24) is 15.0 Å². The number of carbonyl (C=O) groups is 1. The Morgan fingerprint density at radius 3 is 2.76 bits per heavy atom. The van der Waals surface area contributed by atoms with E-state index in [4.69, 9.17) is 27.9 Å². The van der Waals surface area contributed by atoms with E-state index in [1.807, 2.05) is 0 Å². The Hall–Kier alpha value is -2.99. The summed E-state index contributed by atoms with van der Waals surface area (Å²) in [4.78, 5) is 37.4. The number of rotatable bonds is 7. The third-order valence-corrected chi connectivity index (χ3v) is 10.00. The summed E-state index contributed by atoms with van der Waals surface area (Å²) in [5, 5.41) is 2.73. The minimum absolute atomic E-state index is 0.0691. The van der Waals surface area contributed by atoms with Gasteiger partial charge in [-0.2, -0.15) is 0 Å². The predicted molar refractivity (Wildman–Crippen MR) is 145 cm³/mol. The maximum atomic E-state index is 13.2. The second-order valence-electron chi connectivity index (χ2n) is 8.46. The van der Waals surface area contributed by atoms with Crippen molar-refractivity contribution in [2.75, 3.05) is 17.7 Å². The lowest BCUT2D eigenvalue weighted by Gasteiger charge is -2.16. The van der Waals surface area contributed by atoms with Crippen molar-refractivity contribution in [3.05, 3.63) is 68.1 Å². The minimum atomic E-state index is -3.15. The van der Waals surface area contributed by atoms with Crippen molar-refractivity contribution in [3.63, 3.8) is 0 Å². The number of halogens is 2. The molecule has 4 aromatic rings. The van der Waals surface area contributed by atoms with Gasteiger partial charge < -0.3 is 15.0 Å². The quantitative estimate of drug-likeness (QED) is 0.317. The number of aromatic amines is 1. The Morgan fingerprint density at radius 2 is 2.08 bits per heavy atom. The number of nitrogens with zero attached hydrogens (tertiary/aromatic N) is 2. The largest absolute Gasteiger partial charge is 0.492 e. The van der Waals surface area contributed by atoms with Gasteiger partial charge in [0.05, 0.1) is 43.6 Å². The summed E-state index contributed by atoms with van der Waals surface area (Å²) in [6.45, 7) is 0.0691. The molecule has 0 aliphatic carbocycles. The molecule has 1 fully saturated rings. The molecule has 9 nitrogen and oxygen atoms in total. The van der Waals surface area contributed by atoms with E-state index in [0.29, 0.717) is 38.8 Å². The second kappa shape index (κ2) is 10.4. The first-order valence-electron chi connectivity index (χ1n) is 11.3. The molecule has 0 spiro atoms. The summed E-state index contributed by atoms with van der Waals surface area (Å²) in [7, 11) is -3.15. The fourth-order valence-corrected chi connectivity index (χ4v) is 7.52. The van der Waals surface area contributed by atoms with Crippen molar-refractivity contribution in [3.8, 4) is 16.2 Å². The Kier molecular flexibility index (Phi) is 7.21. The van der Waals surface area contributed by atoms with Crippen molar-refractivity contribution < 1.29 is 17.9 Å². The maximum absolute atomic E-state index is 13.2. The summed E-state index contributed by atoms with van der Waals surface area (Å²) in [6, 6.07) is 7.92. The molecule has 1 aliphatic rings. The first-order valence-corrected chi connectivity index (χ1v) is 14.6. The monoisotopic (exact) mass is 578 g/mol. The number of aromatic nitrogens is 3. The third-order valence-electron chi connectivity index (χ3n) is 6.09. The molecule has 1 aromatic carbocycles. The topological polar surface area (TPSA) is 131 Å². The lowest BCUT2D eigenvalue weighted by Crippen LogP contribution is -2.20. The smallest absolute Gasteiger partial charge is 0.260 e. The van der Waals surface area contributed by atoms with Crippen LogP contribution < -0.4 is 15.6 Å². The minimum Gasteiger partial charge on any atom is -0.492 e. The molecule has 192 valence electrons. The molecule has 0 radical (unpaired) electrons. The average molecular weight is 579 g/mol. The number of carbonyl (C=O) groups excluding carboxylic acids is 1. The van der Waals surface area contributed by atoms with Gasteiger partial charge >= 0.3 is 0 Å². The van der Waals surface area contributed by atoms with Crippen LogP contribution in [-0.2, 0) is 9.84 Å². The number of anilines is 1. The molecule has 13 heteroatoms. The molecule has 5 rings (SSSR count). The molecule has 2 N–H and O–H groups in total. The molecule has 1 saturated heterocycles. The number of thiophene rings is 1. The van der Waals surface area contributed by atoms with Crippen LogP contribution in [0.25, 0.3) is 21.3 Å². The van der Waals surface area contributed by atoms with E-state index in [1.165, 1.54) is 42.1 Å². The zero-order valence-electron chi connectivity index (χ0n) is 19.2. The molecule has 0 saturated carbocycles. The van der Waals surface area contributed by atoms with Gasteiger partial charge in [-0.3, -0.25) is 9.59 Å². The fourth-order valence-electron chi connectivity index (χ4n) is 4.31. The van der Waals surface area contributed by atoms with Crippen molar-refractivity contribution in [1.29, 1.82) is 0 Å². The van der Waals surface area contributed by atoms with Gasteiger partial charge in [-0.05, 0) is 49.6 Å². The molecule has 37 heavy (non-hydrogen) atoms. The predicted octanol–water partition coefficient (Wildman–Crippen LogP) is 4.95. The van der Waals surface area contributed by atoms with E-state index in [1.54, 1.807) is 12.1 Å². The lowest BCUT2D eigenvalue weighted by atomic mass is 10.1. The summed E-state index contributed by atoms with van der Waals surface area (Å²) in [5.41, 5.74) is 0.314. The molecule has 1 unspecified atom stereocenters. The third kappa shape index (κ3) is 5.35. The highest BCUT2D eigenvalue weighted by Gasteiger charge is 2.31. The van der Waals surface area contributed by atoms with E-state index in [9.17, 15) is 18.0 Å². The van der Waals surface area contributed by atoms with Crippen molar-refractivity contribution in [2.45, 2.75) is 24.5 Å². The van der Waals surface area contributed by atoms with Gasteiger partial charge in [0.2, 0.25) is 0 Å². The summed E-state index contributed by atoms with van der Waals surface area (Å²) >= 11 is 13.8. The first-order chi connectivity index (χ1) is 17.7. The van der Waals surface area contributed by atoms with Gasteiger partial charge in [0.15, 0.2) is 9.84 Å². The number of nitrogens with one attached hydrogen (secondary N) is 2. The number of benzene rings is 1. The normalized spacial score (nSPS) is 16.6. The second-order valence-corrected chi connectivity index (χ2v) is 13.0. The number of ether oxygens (including phenoxy) is 1. The van der Waals surface area contributed by atoms with Gasteiger partial charge in [-0.25, -0.2) is 18.4 Å². The van der Waals surface area contributed by atoms with Crippen molar-refractivity contribution in [2.24, 2.45) is 0 Å². The molecular formula is C24H20Cl2N4O5S2. The van der Waals surface area contributed by atoms with Crippen LogP contribution in [0.2, 0.25) is 9.36 Å². The van der Waals surface area contributed by atoms with Crippen molar-refractivity contribution >= 4 is 67.0 Å². The number of amides is 1. The first kappa shape index (κ1) is 25.7. The van der Waals surface area contributed by atoms with Gasteiger partial charge in [0.25, 0.3) is 11.5 Å². The number of hydrogen-bond donors (Lipinski definition) is 2. The molecule has 1 atom stereocenters. The fraction of sp³-hybridized carbons (Fsp3) is 0.250. The molecule has 1 amide bonds. The van der Waals surface area contributed by atoms with Crippen LogP contribution >= 0.6 is 34.5 Å². The van der Waals surface area contributed by atoms with Gasteiger partial charge in [-0.1, -0.05) is 23.2 Å². The van der Waals surface area contributed by atoms with E-state index in [2.05, 4.69) is 20.3 Å². The standard InChI is InChI=1S/C24H20Cl2N4O5S2/c25-16-11-17-15(10-14(16)23(31)30-20-5-7-27-12-28-20)22(35-8-6-13-2-1-9-37(13,33)34)21(24(32)29-17)18-3-4-19(26)36-18/h3-5,7,10-13H,1-2,6,8-9H2,(H,29,32)(H,27,28,30,31). The van der Waals surface area contributed by atoms with E-state index >= 15 is 0 Å². The SMILES string of the molecule is O=C(Nc1ccncn1)c1cc2c(OCCC3CCCS3(=O)=O)c(-c3ccc(Cl)s3)c(=O)[nH]c2cc1Cl. The number of fused-ring (bicyclic) bond motifs is 1. The number of sulfone groups is 1. The van der Waals surface area contributed by atoms with Crippen LogP contribution in [0.15, 0.2) is 47.7 Å². The van der Waals surface area contributed by atoms with E-state index in [0.717, 1.165) is 0 Å². The maximum Gasteiger partial charge on any atom is 0.260 e. The Bertz CT molecular complexity index is 1660. The van der Waals surface area contributed by atoms with Crippen LogP contribution in [0.5, 0.6) is 5.75 Å². The summed E-state index contributed by atoms with van der Waals surface area (Å²) in [5.74, 6) is 0.176. The summed E-state index contributed by atoms with van der Waals surface area (Å²) < 4.78 is 31.2. The van der Waals surface area contributed by atoms with Crippen LogP contribution in [0.1, 0.15) is 29.6 Å². The van der Waals surface area contributed by atoms with E-state index < -0.39 is 26.6 Å².